The van der Waals surface area contributed by atoms with Gasteiger partial charge in [0, 0.05) is 11.3 Å². The number of sulfonamides is 1. The molecule has 0 aromatic heterocycles. The van der Waals surface area contributed by atoms with Crippen LogP contribution in [0.5, 0.6) is 0 Å². The molecule has 204 valence electrons. The summed E-state index contributed by atoms with van der Waals surface area (Å²) in [6, 6.07) is 11.1. The lowest BCUT2D eigenvalue weighted by Crippen LogP contribution is -2.42. The molecule has 0 unspecified atom stereocenters. The van der Waals surface area contributed by atoms with Crippen LogP contribution in [0.2, 0.25) is 0 Å². The first-order valence-electron chi connectivity index (χ1n) is 11.4. The van der Waals surface area contributed by atoms with E-state index in [0.29, 0.717) is 11.3 Å². The molecule has 0 saturated heterocycles. The maximum absolute atomic E-state index is 12.6. The van der Waals surface area contributed by atoms with Crippen LogP contribution in [0.1, 0.15) is 29.3 Å². The fourth-order valence-electron chi connectivity index (χ4n) is 3.04. The summed E-state index contributed by atoms with van der Waals surface area (Å²) < 4.78 is 27.6. The van der Waals surface area contributed by atoms with Gasteiger partial charge in [0.2, 0.25) is 21.9 Å². The minimum atomic E-state index is -3.82. The number of benzene rings is 2. The summed E-state index contributed by atoms with van der Waals surface area (Å²) >= 11 is 0. The molecule has 0 saturated carbocycles. The number of guanidine groups is 1. The Morgan fingerprint density at radius 1 is 1.18 bits per heavy atom. The number of carbonyl (C=O) groups is 3. The molecule has 39 heavy (non-hydrogen) atoms. The zero-order valence-corrected chi connectivity index (χ0v) is 21.7. The van der Waals surface area contributed by atoms with E-state index in [0.717, 1.165) is 0 Å². The molecule has 2 rings (SSSR count). The van der Waals surface area contributed by atoms with E-state index < -0.39 is 33.8 Å². The van der Waals surface area contributed by atoms with Gasteiger partial charge in [0.15, 0.2) is 6.19 Å². The number of nitrogens with zero attached hydrogens (tertiary/aromatic N) is 2. The number of aliphatic imine (C=N–C) groups is 1. The Labute approximate surface area is 225 Å². The van der Waals surface area contributed by atoms with Crippen molar-refractivity contribution in [2.75, 3.05) is 18.5 Å². The standard InChI is InChI=1S/C25H27N7O6S/c1-3-19(13-23(34)38-4-2)31-22(33)15-28-24(35)18-6-5-7-20(12-18)32-25(30-16-26)29-14-17-8-10-21(11-9-17)39(27,36)37/h1,5-12,19H,4,13-15H2,2H3,(H,28,35)(H,31,33)(H2,27,36,37)(H2,29,30,32)/t19-/m1/s1. The van der Waals surface area contributed by atoms with Gasteiger partial charge >= 0.3 is 5.97 Å². The highest BCUT2D eigenvalue weighted by molar-refractivity contribution is 7.89. The highest BCUT2D eigenvalue weighted by atomic mass is 32.2. The second kappa shape index (κ2) is 14.7. The molecule has 0 fully saturated rings. The van der Waals surface area contributed by atoms with E-state index in [1.807, 2.05) is 0 Å². The third-order valence-corrected chi connectivity index (χ3v) is 5.78. The quantitative estimate of drug-likeness (QED) is 0.0641. The second-order valence-corrected chi connectivity index (χ2v) is 9.34. The third kappa shape index (κ3) is 10.5. The first-order valence-corrected chi connectivity index (χ1v) is 13.0. The fourth-order valence-corrected chi connectivity index (χ4v) is 3.55. The summed E-state index contributed by atoms with van der Waals surface area (Å²) in [7, 11) is -3.82. The Morgan fingerprint density at radius 2 is 1.90 bits per heavy atom. The fraction of sp³-hybridized carbons (Fsp3) is 0.240. The minimum absolute atomic E-state index is 0.0381. The lowest BCUT2D eigenvalue weighted by Gasteiger charge is -2.13. The molecular formula is C25H27N7O6S. The zero-order chi connectivity index (χ0) is 28.8. The maximum Gasteiger partial charge on any atom is 0.308 e. The van der Waals surface area contributed by atoms with Crippen LogP contribution in [-0.4, -0.2) is 51.4 Å². The number of ether oxygens (including phenoxy) is 1. The van der Waals surface area contributed by atoms with Crippen LogP contribution in [0.15, 0.2) is 58.4 Å². The van der Waals surface area contributed by atoms with Crippen molar-refractivity contribution in [2.45, 2.75) is 30.8 Å². The molecule has 2 amide bonds. The van der Waals surface area contributed by atoms with Crippen LogP contribution in [0, 0.1) is 23.8 Å². The molecule has 2 aromatic carbocycles. The number of carbonyl (C=O) groups excluding carboxylic acids is 3. The largest absolute Gasteiger partial charge is 0.466 e. The lowest BCUT2D eigenvalue weighted by atomic mass is 10.2. The highest BCUT2D eigenvalue weighted by Crippen LogP contribution is 2.12. The zero-order valence-electron chi connectivity index (χ0n) is 20.9. The normalized spacial score (nSPS) is 11.7. The topological polar surface area (TPSA) is 205 Å². The van der Waals surface area contributed by atoms with Crippen LogP contribution in [0.25, 0.3) is 0 Å². The van der Waals surface area contributed by atoms with E-state index >= 15 is 0 Å². The summed E-state index contributed by atoms with van der Waals surface area (Å²) in [5.41, 5.74) is 1.28. The third-order valence-electron chi connectivity index (χ3n) is 4.86. The van der Waals surface area contributed by atoms with Gasteiger partial charge in [-0.3, -0.25) is 19.7 Å². The number of amides is 2. The molecule has 0 bridgehead atoms. The van der Waals surface area contributed by atoms with Gasteiger partial charge in [-0.2, -0.15) is 5.26 Å². The van der Waals surface area contributed by atoms with Crippen LogP contribution in [0.4, 0.5) is 5.69 Å². The van der Waals surface area contributed by atoms with Gasteiger partial charge in [0.25, 0.3) is 5.91 Å². The molecular weight excluding hydrogens is 526 g/mol. The summed E-state index contributed by atoms with van der Waals surface area (Å²) in [5, 5.41) is 24.3. The van der Waals surface area contributed by atoms with Crippen LogP contribution < -0.4 is 26.4 Å². The minimum Gasteiger partial charge on any atom is -0.466 e. The highest BCUT2D eigenvalue weighted by Gasteiger charge is 2.16. The van der Waals surface area contributed by atoms with Gasteiger partial charge in [0.05, 0.1) is 31.0 Å². The summed E-state index contributed by atoms with van der Waals surface area (Å²) in [5.74, 6) is 0.661. The number of hydrogen-bond donors (Lipinski definition) is 5. The van der Waals surface area contributed by atoms with Crippen molar-refractivity contribution in [1.29, 1.82) is 5.26 Å². The van der Waals surface area contributed by atoms with Gasteiger partial charge < -0.3 is 20.7 Å². The van der Waals surface area contributed by atoms with Crippen molar-refractivity contribution in [2.24, 2.45) is 10.1 Å². The van der Waals surface area contributed by atoms with E-state index in [9.17, 15) is 22.8 Å². The predicted octanol–water partition coefficient (Wildman–Crippen LogP) is 0.174. The molecule has 0 aliphatic rings. The molecule has 6 N–H and O–H groups in total. The number of anilines is 1. The molecule has 14 heteroatoms. The second-order valence-electron chi connectivity index (χ2n) is 7.77. The summed E-state index contributed by atoms with van der Waals surface area (Å²) in [6.07, 6.45) is 6.90. The Hall–Kier alpha value is -4.92. The molecule has 0 aliphatic carbocycles. The molecule has 0 spiro atoms. The first-order chi connectivity index (χ1) is 18.5. The van der Waals surface area contributed by atoms with Crippen molar-refractivity contribution in [1.82, 2.24) is 16.0 Å². The molecule has 0 heterocycles. The van der Waals surface area contributed by atoms with Crippen molar-refractivity contribution >= 4 is 39.5 Å². The lowest BCUT2D eigenvalue weighted by molar-refractivity contribution is -0.143. The molecule has 13 nitrogen and oxygen atoms in total. The number of nitriles is 1. The first kappa shape index (κ1) is 30.3. The monoisotopic (exact) mass is 553 g/mol. The van der Waals surface area contributed by atoms with E-state index in [-0.39, 0.29) is 42.5 Å². The Bertz CT molecular complexity index is 1410. The van der Waals surface area contributed by atoms with Crippen LogP contribution >= 0.6 is 0 Å². The molecule has 0 aliphatic heterocycles. The number of rotatable bonds is 11. The predicted molar refractivity (Wildman–Crippen MR) is 142 cm³/mol. The van der Waals surface area contributed by atoms with E-state index in [2.05, 4.69) is 32.2 Å². The van der Waals surface area contributed by atoms with Gasteiger partial charge in [-0.15, -0.1) is 6.42 Å². The van der Waals surface area contributed by atoms with Crippen molar-refractivity contribution < 1.29 is 27.5 Å². The molecule has 0 radical (unpaired) electrons. The van der Waals surface area contributed by atoms with Gasteiger partial charge in [0.1, 0.15) is 6.04 Å². The number of nitrogens with two attached hydrogens (primary N) is 1. The summed E-state index contributed by atoms with van der Waals surface area (Å²) in [4.78, 5) is 40.5. The van der Waals surface area contributed by atoms with Crippen molar-refractivity contribution in [3.63, 3.8) is 0 Å². The van der Waals surface area contributed by atoms with Crippen LogP contribution in [0.3, 0.4) is 0 Å². The molecule has 2 aromatic rings. The Balaban J connectivity index is 1.99. The SMILES string of the molecule is C#C[C@H](CC(=O)OCC)NC(=O)CNC(=O)c1cccc(NC(=NCc2ccc(S(N)(=O)=O)cc2)NC#N)c1. The van der Waals surface area contributed by atoms with E-state index in [1.54, 1.807) is 25.2 Å². The van der Waals surface area contributed by atoms with Crippen molar-refractivity contribution in [3.05, 3.63) is 59.7 Å². The average molecular weight is 554 g/mol. The number of terminal acetylenes is 1. The number of hydrogen-bond acceptors (Lipinski definition) is 8. The molecule has 1 atom stereocenters. The maximum atomic E-state index is 12.6. The van der Waals surface area contributed by atoms with Gasteiger partial charge in [-0.1, -0.05) is 24.1 Å². The number of primary sulfonamides is 1. The summed E-state index contributed by atoms with van der Waals surface area (Å²) in [6.45, 7) is 1.55. The smallest absolute Gasteiger partial charge is 0.308 e. The van der Waals surface area contributed by atoms with E-state index in [1.165, 1.54) is 36.4 Å². The van der Waals surface area contributed by atoms with Gasteiger partial charge in [-0.05, 0) is 42.8 Å². The van der Waals surface area contributed by atoms with Crippen LogP contribution in [-0.2, 0) is 30.9 Å². The average Bonchev–Trinajstić information content (AvgIpc) is 2.90. The Morgan fingerprint density at radius 3 is 2.51 bits per heavy atom. The number of esters is 1. The number of nitrogens with one attached hydrogen (secondary N) is 4. The van der Waals surface area contributed by atoms with Crippen molar-refractivity contribution in [3.8, 4) is 18.5 Å². The van der Waals surface area contributed by atoms with Gasteiger partial charge in [-0.25, -0.2) is 18.5 Å². The van der Waals surface area contributed by atoms with E-state index in [4.69, 9.17) is 21.6 Å². The Kier molecular flexibility index (Phi) is 11.4.